The number of rotatable bonds is 5. The third kappa shape index (κ3) is 3.51. The van der Waals surface area contributed by atoms with Crippen LogP contribution in [0, 0.1) is 11.3 Å². The first-order chi connectivity index (χ1) is 10.1. The van der Waals surface area contributed by atoms with Crippen LogP contribution >= 0.6 is 0 Å². The number of anilines is 2. The van der Waals surface area contributed by atoms with Gasteiger partial charge in [-0.1, -0.05) is 0 Å². The van der Waals surface area contributed by atoms with Gasteiger partial charge in [-0.25, -0.2) is 4.98 Å². The van der Waals surface area contributed by atoms with Crippen molar-refractivity contribution in [3.63, 3.8) is 0 Å². The van der Waals surface area contributed by atoms with E-state index in [1.807, 2.05) is 6.07 Å². The zero-order chi connectivity index (χ0) is 15.2. The standard InChI is InChI=1S/C14H15N5O2/c1-21-12-8-10(16)2-3-11(12)18-14(20)4-6-19-7-5-17-13(19)9-15/h2-3,5,7-8H,4,6,16H2,1H3,(H,18,20). The zero-order valence-corrected chi connectivity index (χ0v) is 11.5. The van der Waals surface area contributed by atoms with Gasteiger partial charge in [-0.2, -0.15) is 5.26 Å². The molecule has 3 N–H and O–H groups in total. The number of hydrogen-bond acceptors (Lipinski definition) is 5. The van der Waals surface area contributed by atoms with Gasteiger partial charge in [0.05, 0.1) is 12.8 Å². The number of amides is 1. The highest BCUT2D eigenvalue weighted by Gasteiger charge is 2.09. The number of carbonyl (C=O) groups excluding carboxylic acids is 1. The van der Waals surface area contributed by atoms with Gasteiger partial charge >= 0.3 is 0 Å². The molecule has 0 bridgehead atoms. The van der Waals surface area contributed by atoms with Crippen LogP contribution < -0.4 is 15.8 Å². The number of nitrogen functional groups attached to an aromatic ring is 1. The van der Waals surface area contributed by atoms with Crippen molar-refractivity contribution in [2.24, 2.45) is 0 Å². The Morgan fingerprint density at radius 2 is 2.38 bits per heavy atom. The van der Waals surface area contributed by atoms with Crippen LogP contribution in [0.15, 0.2) is 30.6 Å². The lowest BCUT2D eigenvalue weighted by Crippen LogP contribution is -2.15. The summed E-state index contributed by atoms with van der Waals surface area (Å²) in [5.41, 5.74) is 6.77. The third-order valence-corrected chi connectivity index (χ3v) is 2.89. The van der Waals surface area contributed by atoms with Crippen LogP contribution in [0.25, 0.3) is 0 Å². The third-order valence-electron chi connectivity index (χ3n) is 2.89. The van der Waals surface area contributed by atoms with Crippen molar-refractivity contribution in [1.29, 1.82) is 5.26 Å². The quantitative estimate of drug-likeness (QED) is 0.807. The highest BCUT2D eigenvalue weighted by molar-refractivity contribution is 5.92. The molecule has 2 aromatic rings. The molecule has 7 nitrogen and oxygen atoms in total. The Balaban J connectivity index is 1.98. The summed E-state index contributed by atoms with van der Waals surface area (Å²) in [7, 11) is 1.51. The zero-order valence-electron chi connectivity index (χ0n) is 11.5. The van der Waals surface area contributed by atoms with E-state index in [0.717, 1.165) is 0 Å². The molecule has 1 heterocycles. The number of nitrogens with one attached hydrogen (secondary N) is 1. The Morgan fingerprint density at radius 3 is 3.10 bits per heavy atom. The van der Waals surface area contributed by atoms with E-state index in [1.54, 1.807) is 29.0 Å². The summed E-state index contributed by atoms with van der Waals surface area (Å²) in [6.07, 6.45) is 3.41. The monoisotopic (exact) mass is 285 g/mol. The first kappa shape index (κ1) is 14.4. The lowest BCUT2D eigenvalue weighted by molar-refractivity contribution is -0.116. The Bertz CT molecular complexity index is 687. The number of methoxy groups -OCH3 is 1. The summed E-state index contributed by atoms with van der Waals surface area (Å²) in [5.74, 6) is 0.604. The molecule has 1 aromatic carbocycles. The molecular weight excluding hydrogens is 270 g/mol. The first-order valence-electron chi connectivity index (χ1n) is 6.28. The van der Waals surface area contributed by atoms with Crippen LogP contribution in [0.2, 0.25) is 0 Å². The van der Waals surface area contributed by atoms with Crippen LogP contribution in [0.1, 0.15) is 12.2 Å². The number of nitrogens with two attached hydrogens (primary N) is 1. The van der Waals surface area contributed by atoms with Crippen molar-refractivity contribution < 1.29 is 9.53 Å². The highest BCUT2D eigenvalue weighted by atomic mass is 16.5. The molecule has 0 fully saturated rings. The number of nitriles is 1. The second-order valence-corrected chi connectivity index (χ2v) is 4.31. The normalized spacial score (nSPS) is 9.90. The first-order valence-corrected chi connectivity index (χ1v) is 6.28. The van der Waals surface area contributed by atoms with Crippen LogP contribution in [-0.4, -0.2) is 22.6 Å². The van der Waals surface area contributed by atoms with E-state index in [4.69, 9.17) is 15.7 Å². The summed E-state index contributed by atoms with van der Waals surface area (Å²) < 4.78 is 6.79. The van der Waals surface area contributed by atoms with Crippen molar-refractivity contribution in [3.05, 3.63) is 36.4 Å². The van der Waals surface area contributed by atoms with Gasteiger partial charge in [0, 0.05) is 37.1 Å². The van der Waals surface area contributed by atoms with E-state index in [9.17, 15) is 4.79 Å². The highest BCUT2D eigenvalue weighted by Crippen LogP contribution is 2.26. The maximum absolute atomic E-state index is 11.9. The predicted octanol–water partition coefficient (Wildman–Crippen LogP) is 1.37. The van der Waals surface area contributed by atoms with Gasteiger partial charge in [0.15, 0.2) is 0 Å². The smallest absolute Gasteiger partial charge is 0.226 e. The Hall–Kier alpha value is -3.01. The average molecular weight is 285 g/mol. The minimum atomic E-state index is -0.185. The summed E-state index contributed by atoms with van der Waals surface area (Å²) in [4.78, 5) is 15.8. The van der Waals surface area contributed by atoms with E-state index in [1.165, 1.54) is 13.3 Å². The fourth-order valence-electron chi connectivity index (χ4n) is 1.85. The Kier molecular flexibility index (Phi) is 4.41. The summed E-state index contributed by atoms with van der Waals surface area (Å²) in [5, 5.41) is 11.6. The number of benzene rings is 1. The number of nitrogens with zero attached hydrogens (tertiary/aromatic N) is 3. The minimum Gasteiger partial charge on any atom is -0.494 e. The van der Waals surface area contributed by atoms with Crippen molar-refractivity contribution in [1.82, 2.24) is 9.55 Å². The lowest BCUT2D eigenvalue weighted by Gasteiger charge is -2.11. The van der Waals surface area contributed by atoms with Crippen molar-refractivity contribution in [2.75, 3.05) is 18.2 Å². The maximum Gasteiger partial charge on any atom is 0.226 e. The molecule has 0 saturated heterocycles. The largest absolute Gasteiger partial charge is 0.494 e. The molecule has 0 spiro atoms. The molecule has 0 aliphatic carbocycles. The summed E-state index contributed by atoms with van der Waals surface area (Å²) >= 11 is 0. The molecule has 0 atom stereocenters. The summed E-state index contributed by atoms with van der Waals surface area (Å²) in [6, 6.07) is 6.96. The second kappa shape index (κ2) is 6.43. The number of aryl methyl sites for hydroxylation is 1. The van der Waals surface area contributed by atoms with E-state index >= 15 is 0 Å². The molecule has 108 valence electrons. The summed E-state index contributed by atoms with van der Waals surface area (Å²) in [6.45, 7) is 0.381. The van der Waals surface area contributed by atoms with Crippen LogP contribution in [0.3, 0.4) is 0 Å². The number of imidazole rings is 1. The average Bonchev–Trinajstić information content (AvgIpc) is 2.94. The molecule has 0 aliphatic heterocycles. The second-order valence-electron chi connectivity index (χ2n) is 4.31. The van der Waals surface area contributed by atoms with Crippen LogP contribution in [0.5, 0.6) is 5.75 Å². The van der Waals surface area contributed by atoms with Gasteiger partial charge < -0.3 is 20.4 Å². The van der Waals surface area contributed by atoms with Crippen molar-refractivity contribution in [3.8, 4) is 11.8 Å². The van der Waals surface area contributed by atoms with Crippen molar-refractivity contribution >= 4 is 17.3 Å². The predicted molar refractivity (Wildman–Crippen MR) is 77.6 cm³/mol. The minimum absolute atomic E-state index is 0.185. The van der Waals surface area contributed by atoms with Gasteiger partial charge in [0.2, 0.25) is 11.7 Å². The molecular formula is C14H15N5O2. The molecule has 1 amide bonds. The Labute approximate surface area is 122 Å². The maximum atomic E-state index is 11.9. The van der Waals surface area contributed by atoms with E-state index in [2.05, 4.69) is 10.3 Å². The number of carbonyl (C=O) groups is 1. The molecule has 0 unspecified atom stereocenters. The molecule has 7 heteroatoms. The Morgan fingerprint density at radius 1 is 1.57 bits per heavy atom. The van der Waals surface area contributed by atoms with Gasteiger partial charge in [-0.05, 0) is 12.1 Å². The molecule has 2 rings (SSSR count). The van der Waals surface area contributed by atoms with Gasteiger partial charge in [-0.15, -0.1) is 0 Å². The number of aromatic nitrogens is 2. The van der Waals surface area contributed by atoms with Crippen molar-refractivity contribution in [2.45, 2.75) is 13.0 Å². The van der Waals surface area contributed by atoms with Gasteiger partial charge in [0.1, 0.15) is 11.8 Å². The van der Waals surface area contributed by atoms with E-state index in [0.29, 0.717) is 23.7 Å². The molecule has 21 heavy (non-hydrogen) atoms. The number of hydrogen-bond donors (Lipinski definition) is 2. The topological polar surface area (TPSA) is 106 Å². The lowest BCUT2D eigenvalue weighted by atomic mass is 10.2. The SMILES string of the molecule is COc1cc(N)ccc1NC(=O)CCn1ccnc1C#N. The fraction of sp³-hybridized carbons (Fsp3) is 0.214. The molecule has 0 radical (unpaired) electrons. The van der Waals surface area contributed by atoms with E-state index < -0.39 is 0 Å². The van der Waals surface area contributed by atoms with Crippen LogP contribution in [0.4, 0.5) is 11.4 Å². The fourth-order valence-corrected chi connectivity index (χ4v) is 1.85. The van der Waals surface area contributed by atoms with Crippen LogP contribution in [-0.2, 0) is 11.3 Å². The molecule has 0 aliphatic rings. The number of ether oxygens (including phenoxy) is 1. The van der Waals surface area contributed by atoms with Gasteiger partial charge in [-0.3, -0.25) is 4.79 Å². The van der Waals surface area contributed by atoms with E-state index in [-0.39, 0.29) is 18.2 Å². The van der Waals surface area contributed by atoms with Gasteiger partial charge in [0.25, 0.3) is 0 Å². The molecule has 0 saturated carbocycles. The molecule has 1 aromatic heterocycles.